The van der Waals surface area contributed by atoms with E-state index >= 15 is 0 Å². The van der Waals surface area contributed by atoms with Gasteiger partial charge in [0.2, 0.25) is 5.60 Å². The fraction of sp³-hybridized carbons (Fsp3) is 0.778. The summed E-state index contributed by atoms with van der Waals surface area (Å²) in [6.45, 7) is 4.33. The van der Waals surface area contributed by atoms with E-state index in [0.29, 0.717) is 0 Å². The zero-order chi connectivity index (χ0) is 11.1. The van der Waals surface area contributed by atoms with E-state index < -0.39 is 29.1 Å². The zero-order valence-electron chi connectivity index (χ0n) is 8.66. The minimum absolute atomic E-state index is 0.644. The number of carbonyl (C=O) groups is 2. The predicted octanol–water partition coefficient (Wildman–Crippen LogP) is -0.138. The van der Waals surface area contributed by atoms with Gasteiger partial charge in [-0.3, -0.25) is 0 Å². The van der Waals surface area contributed by atoms with E-state index in [1.54, 1.807) is 6.92 Å². The van der Waals surface area contributed by atoms with Gasteiger partial charge in [-0.05, 0) is 13.8 Å². The molecule has 14 heavy (non-hydrogen) atoms. The first-order valence-corrected chi connectivity index (χ1v) is 4.31. The Hall–Kier alpha value is -1.10. The highest BCUT2D eigenvalue weighted by Crippen LogP contribution is 2.40. The summed E-state index contributed by atoms with van der Waals surface area (Å²) in [5.74, 6) is -2.09. The van der Waals surface area contributed by atoms with Crippen LogP contribution in [0.5, 0.6) is 0 Å². The van der Waals surface area contributed by atoms with Gasteiger partial charge in [-0.15, -0.1) is 0 Å². The number of hydrogen-bond acceptors (Lipinski definition) is 5. The van der Waals surface area contributed by atoms with Crippen LogP contribution in [0.4, 0.5) is 0 Å². The van der Waals surface area contributed by atoms with Crippen molar-refractivity contribution in [1.29, 1.82) is 0 Å². The maximum atomic E-state index is 11.4. The van der Waals surface area contributed by atoms with Crippen molar-refractivity contribution in [2.24, 2.45) is 5.92 Å². The van der Waals surface area contributed by atoms with E-state index in [0.717, 1.165) is 0 Å². The van der Waals surface area contributed by atoms with Crippen molar-refractivity contribution in [2.45, 2.75) is 32.0 Å². The van der Waals surface area contributed by atoms with Gasteiger partial charge in [-0.1, -0.05) is 6.92 Å². The van der Waals surface area contributed by atoms with Gasteiger partial charge in [0.15, 0.2) is 5.60 Å². The minimum atomic E-state index is -1.64. The molecule has 3 atom stereocenters. The summed E-state index contributed by atoms with van der Waals surface area (Å²) < 4.78 is 9.39. The van der Waals surface area contributed by atoms with Crippen LogP contribution in [0, 0.1) is 5.92 Å². The Labute approximate surface area is 82.0 Å². The Morgan fingerprint density at radius 3 is 2.36 bits per heavy atom. The molecule has 80 valence electrons. The number of esters is 2. The lowest BCUT2D eigenvalue weighted by Gasteiger charge is -2.26. The van der Waals surface area contributed by atoms with Crippen LogP contribution in [0.2, 0.25) is 0 Å². The molecule has 5 heteroatoms. The van der Waals surface area contributed by atoms with E-state index in [9.17, 15) is 14.7 Å². The maximum absolute atomic E-state index is 11.4. The fourth-order valence-corrected chi connectivity index (χ4v) is 1.52. The van der Waals surface area contributed by atoms with Crippen LogP contribution in [0.25, 0.3) is 0 Å². The average Bonchev–Trinajstić information content (AvgIpc) is 2.27. The highest BCUT2D eigenvalue weighted by molar-refractivity contribution is 5.91. The van der Waals surface area contributed by atoms with Gasteiger partial charge in [0.1, 0.15) is 0 Å². The third-order valence-electron chi connectivity index (χ3n) is 2.98. The van der Waals surface area contributed by atoms with Crippen molar-refractivity contribution in [3.63, 3.8) is 0 Å². The summed E-state index contributed by atoms with van der Waals surface area (Å²) in [4.78, 5) is 22.6. The van der Waals surface area contributed by atoms with E-state index in [4.69, 9.17) is 4.74 Å². The third kappa shape index (κ3) is 1.19. The molecule has 5 nitrogen and oxygen atoms in total. The number of ether oxygens (including phenoxy) is 2. The quantitative estimate of drug-likeness (QED) is 0.599. The highest BCUT2D eigenvalue weighted by Gasteiger charge is 2.62. The molecule has 1 aliphatic rings. The summed E-state index contributed by atoms with van der Waals surface area (Å²) in [5, 5.41) is 9.73. The van der Waals surface area contributed by atoms with Crippen LogP contribution in [-0.4, -0.2) is 35.4 Å². The molecule has 1 aliphatic heterocycles. The standard InChI is InChI=1S/C9H14O5/c1-5-8(2,12)6(10)14-9(5,3)7(11)13-4/h5,12H,1-4H3/t5-,8-,9-/m1/s1. The summed E-state index contributed by atoms with van der Waals surface area (Å²) >= 11 is 0. The zero-order valence-corrected chi connectivity index (χ0v) is 8.66. The van der Waals surface area contributed by atoms with Gasteiger partial charge >= 0.3 is 11.9 Å². The summed E-state index contributed by atoms with van der Waals surface area (Å²) in [6.07, 6.45) is 0. The number of methoxy groups -OCH3 is 1. The Morgan fingerprint density at radius 2 is 2.07 bits per heavy atom. The Bertz CT molecular complexity index is 283. The fourth-order valence-electron chi connectivity index (χ4n) is 1.52. The summed E-state index contributed by atoms with van der Waals surface area (Å²) in [5.41, 5.74) is -3.03. The van der Waals surface area contributed by atoms with E-state index in [-0.39, 0.29) is 0 Å². The van der Waals surface area contributed by atoms with Crippen LogP contribution in [0.3, 0.4) is 0 Å². The number of hydrogen-bond donors (Lipinski definition) is 1. The van der Waals surface area contributed by atoms with Gasteiger partial charge in [0.05, 0.1) is 7.11 Å². The molecular formula is C9H14O5. The Morgan fingerprint density at radius 1 is 1.57 bits per heavy atom. The molecule has 0 amide bonds. The lowest BCUT2D eigenvalue weighted by atomic mass is 9.81. The number of cyclic esters (lactones) is 1. The van der Waals surface area contributed by atoms with E-state index in [1.807, 2.05) is 0 Å². The topological polar surface area (TPSA) is 72.8 Å². The molecule has 1 N–H and O–H groups in total. The van der Waals surface area contributed by atoms with Crippen molar-refractivity contribution in [1.82, 2.24) is 0 Å². The van der Waals surface area contributed by atoms with Crippen LogP contribution in [-0.2, 0) is 19.1 Å². The molecule has 0 radical (unpaired) electrons. The first kappa shape index (κ1) is 11.0. The SMILES string of the molecule is COC(=O)[C@]1(C)OC(=O)[C@](C)(O)[C@H]1C. The van der Waals surface area contributed by atoms with Crippen molar-refractivity contribution in [2.75, 3.05) is 7.11 Å². The second-order valence-corrected chi connectivity index (χ2v) is 3.86. The molecule has 1 heterocycles. The second-order valence-electron chi connectivity index (χ2n) is 3.86. The summed E-state index contributed by atoms with van der Waals surface area (Å²) in [6, 6.07) is 0. The largest absolute Gasteiger partial charge is 0.466 e. The predicted molar refractivity (Wildman–Crippen MR) is 46.3 cm³/mol. The van der Waals surface area contributed by atoms with Crippen LogP contribution >= 0.6 is 0 Å². The number of aliphatic hydroxyl groups is 1. The normalized spacial score (nSPS) is 42.1. The van der Waals surface area contributed by atoms with Crippen LogP contribution in [0.15, 0.2) is 0 Å². The lowest BCUT2D eigenvalue weighted by Crippen LogP contribution is -2.46. The molecule has 0 saturated carbocycles. The van der Waals surface area contributed by atoms with Gasteiger partial charge in [-0.25, -0.2) is 9.59 Å². The van der Waals surface area contributed by atoms with Gasteiger partial charge in [0, 0.05) is 5.92 Å². The van der Waals surface area contributed by atoms with E-state index in [2.05, 4.69) is 4.74 Å². The Kier molecular flexibility index (Phi) is 2.31. The molecule has 0 unspecified atom stereocenters. The monoisotopic (exact) mass is 202 g/mol. The maximum Gasteiger partial charge on any atom is 0.350 e. The number of rotatable bonds is 1. The van der Waals surface area contributed by atoms with Crippen LogP contribution < -0.4 is 0 Å². The van der Waals surface area contributed by atoms with Gasteiger partial charge in [0.25, 0.3) is 0 Å². The average molecular weight is 202 g/mol. The first-order valence-electron chi connectivity index (χ1n) is 4.31. The Balaban J connectivity index is 3.07. The molecule has 0 aromatic carbocycles. The molecule has 1 fully saturated rings. The minimum Gasteiger partial charge on any atom is -0.466 e. The lowest BCUT2D eigenvalue weighted by molar-refractivity contribution is -0.173. The van der Waals surface area contributed by atoms with Crippen molar-refractivity contribution in [3.8, 4) is 0 Å². The van der Waals surface area contributed by atoms with E-state index in [1.165, 1.54) is 21.0 Å². The molecule has 0 spiro atoms. The molecule has 0 aromatic heterocycles. The van der Waals surface area contributed by atoms with Crippen LogP contribution in [0.1, 0.15) is 20.8 Å². The molecule has 1 saturated heterocycles. The smallest absolute Gasteiger partial charge is 0.350 e. The van der Waals surface area contributed by atoms with Crippen molar-refractivity contribution >= 4 is 11.9 Å². The third-order valence-corrected chi connectivity index (χ3v) is 2.98. The molecular weight excluding hydrogens is 188 g/mol. The van der Waals surface area contributed by atoms with Crippen molar-refractivity contribution in [3.05, 3.63) is 0 Å². The van der Waals surface area contributed by atoms with Crippen molar-refractivity contribution < 1.29 is 24.2 Å². The first-order chi connectivity index (χ1) is 6.26. The molecule has 0 bridgehead atoms. The number of carbonyl (C=O) groups excluding carboxylic acids is 2. The summed E-state index contributed by atoms with van der Waals surface area (Å²) in [7, 11) is 1.21. The van der Waals surface area contributed by atoms with Gasteiger partial charge in [-0.2, -0.15) is 0 Å². The molecule has 1 rings (SSSR count). The second kappa shape index (κ2) is 2.95. The molecule has 0 aromatic rings. The van der Waals surface area contributed by atoms with Gasteiger partial charge < -0.3 is 14.6 Å². The molecule has 0 aliphatic carbocycles. The highest BCUT2D eigenvalue weighted by atomic mass is 16.6.